The van der Waals surface area contributed by atoms with Crippen LogP contribution in [0.4, 0.5) is 70.2 Å². The highest BCUT2D eigenvalue weighted by atomic mass is 19.4. The van der Waals surface area contributed by atoms with Crippen LogP contribution in [0.3, 0.4) is 0 Å². The van der Waals surface area contributed by atoms with E-state index in [1.54, 1.807) is 0 Å². The van der Waals surface area contributed by atoms with Crippen molar-refractivity contribution in [2.24, 2.45) is 10.8 Å². The topological polar surface area (TPSA) is 34.1 Å². The molecular weight excluding hydrogens is 480 g/mol. The molecular formula is C12H2F16O2. The van der Waals surface area contributed by atoms with Gasteiger partial charge in [0, 0.05) is 0 Å². The molecule has 0 N–H and O–H groups in total. The van der Waals surface area contributed by atoms with Crippen molar-refractivity contribution >= 4 is 12.1 Å². The molecule has 2 unspecified atom stereocenters. The number of fused-ring (bicyclic) bond motifs is 2. The first-order chi connectivity index (χ1) is 12.9. The zero-order valence-corrected chi connectivity index (χ0v) is 13.1. The van der Waals surface area contributed by atoms with Crippen molar-refractivity contribution in [1.29, 1.82) is 0 Å². The molecule has 0 aromatic rings. The van der Waals surface area contributed by atoms with E-state index >= 15 is 0 Å². The quantitative estimate of drug-likeness (QED) is 0.440. The van der Waals surface area contributed by atoms with Gasteiger partial charge in [0.15, 0.2) is 0 Å². The summed E-state index contributed by atoms with van der Waals surface area (Å²) in [4.78, 5) is 21.6. The van der Waals surface area contributed by atoms with E-state index in [1.165, 1.54) is 0 Å². The lowest BCUT2D eigenvalue weighted by molar-refractivity contribution is -0.540. The first-order valence-electron chi connectivity index (χ1n) is 6.86. The summed E-state index contributed by atoms with van der Waals surface area (Å²) in [7, 11) is 0. The molecule has 0 radical (unpaired) electrons. The van der Waals surface area contributed by atoms with E-state index < -0.39 is 70.8 Å². The smallest absolute Gasteiger partial charge is 0.260 e. The van der Waals surface area contributed by atoms with E-state index in [4.69, 9.17) is 0 Å². The van der Waals surface area contributed by atoms with Crippen molar-refractivity contribution in [2.45, 2.75) is 41.2 Å². The Morgan fingerprint density at radius 2 is 0.733 bits per heavy atom. The van der Waals surface area contributed by atoms with Crippen molar-refractivity contribution in [3.63, 3.8) is 0 Å². The molecule has 2 nitrogen and oxygen atoms in total. The van der Waals surface area contributed by atoms with E-state index in [0.717, 1.165) is 0 Å². The number of carbonyl (C=O) groups excluding carboxylic acids is 2. The molecule has 2 saturated carbocycles. The van der Waals surface area contributed by atoms with Gasteiger partial charge in [0.25, 0.3) is 16.5 Å². The molecule has 2 rings (SSSR count). The van der Waals surface area contributed by atoms with Gasteiger partial charge in [-0.25, -0.2) is 35.1 Å². The summed E-state index contributed by atoms with van der Waals surface area (Å²) in [5, 5.41) is 0. The van der Waals surface area contributed by atoms with Crippen molar-refractivity contribution < 1.29 is 79.8 Å². The molecule has 2 aliphatic carbocycles. The minimum Gasteiger partial charge on any atom is -0.260 e. The number of alkyl halides is 14. The number of carbonyl (C=O) groups is 2. The fourth-order valence-corrected chi connectivity index (χ4v) is 3.83. The molecule has 2 aliphatic rings. The number of halogens is 16. The van der Waals surface area contributed by atoms with E-state index in [1.807, 2.05) is 0 Å². The van der Waals surface area contributed by atoms with Crippen LogP contribution >= 0.6 is 0 Å². The Morgan fingerprint density at radius 3 is 0.933 bits per heavy atom. The largest absolute Gasteiger partial charge is 0.375 e. The van der Waals surface area contributed by atoms with Crippen molar-refractivity contribution in [3.05, 3.63) is 0 Å². The van der Waals surface area contributed by atoms with Crippen molar-refractivity contribution in [1.82, 2.24) is 0 Å². The first-order valence-corrected chi connectivity index (χ1v) is 6.86. The number of rotatable bonds is 3. The maximum Gasteiger partial charge on any atom is 0.375 e. The third-order valence-electron chi connectivity index (χ3n) is 5.38. The van der Waals surface area contributed by atoms with E-state index in [9.17, 15) is 79.8 Å². The Hall–Kier alpha value is -1.78. The maximum atomic E-state index is 14.5. The molecule has 0 aromatic heterocycles. The van der Waals surface area contributed by atoms with E-state index in [2.05, 4.69) is 0 Å². The van der Waals surface area contributed by atoms with Crippen LogP contribution in [0.1, 0.15) is 0 Å². The molecule has 2 bridgehead atoms. The summed E-state index contributed by atoms with van der Waals surface area (Å²) in [6, 6.07) is -10.5. The maximum absolute atomic E-state index is 14.5. The summed E-state index contributed by atoms with van der Waals surface area (Å²) < 4.78 is 223. The summed E-state index contributed by atoms with van der Waals surface area (Å²) in [5.41, 5.74) is -23.1. The molecule has 0 heterocycles. The summed E-state index contributed by atoms with van der Waals surface area (Å²) in [6.45, 7) is -4.31. The van der Waals surface area contributed by atoms with Gasteiger partial charge in [0.05, 0.1) is 0 Å². The van der Waals surface area contributed by atoms with Gasteiger partial charge in [-0.3, -0.25) is 9.59 Å². The van der Waals surface area contributed by atoms with Crippen molar-refractivity contribution in [3.8, 4) is 0 Å². The lowest BCUT2D eigenvalue weighted by Crippen LogP contribution is -2.97. The average Bonchev–Trinajstić information content (AvgIpc) is 2.49. The lowest BCUT2D eigenvalue weighted by atomic mass is 9.42. The highest BCUT2D eigenvalue weighted by Crippen LogP contribution is 2.85. The zero-order valence-electron chi connectivity index (χ0n) is 13.1. The Labute approximate surface area is 152 Å². The van der Waals surface area contributed by atoms with E-state index in [0.29, 0.717) is 0 Å². The highest BCUT2D eigenvalue weighted by molar-refractivity contribution is 5.90. The Morgan fingerprint density at radius 1 is 0.467 bits per heavy atom. The normalized spacial score (nSPS) is 41.7. The molecule has 174 valence electrons. The minimum absolute atomic E-state index is 4.31. The summed E-state index contributed by atoms with van der Waals surface area (Å²) in [5.74, 6) is -48.6. The second kappa shape index (κ2) is 5.34. The van der Waals surface area contributed by atoms with Gasteiger partial charge in [-0.05, 0) is 0 Å². The fourth-order valence-electron chi connectivity index (χ4n) is 3.83. The van der Waals surface area contributed by atoms with Gasteiger partial charge in [-0.15, -0.1) is 0 Å². The minimum atomic E-state index is -8.19. The van der Waals surface area contributed by atoms with Gasteiger partial charge < -0.3 is 0 Å². The predicted molar refractivity (Wildman–Crippen MR) is 56.6 cm³/mol. The third-order valence-corrected chi connectivity index (χ3v) is 5.38. The molecule has 0 saturated heterocycles. The Bertz CT molecular complexity index is 759. The van der Waals surface area contributed by atoms with Crippen LogP contribution < -0.4 is 0 Å². The molecule has 0 aliphatic heterocycles. The van der Waals surface area contributed by atoms with Crippen LogP contribution in [0.2, 0.25) is 0 Å². The Balaban J connectivity index is 3.46. The number of hydrogen-bond acceptors (Lipinski definition) is 2. The van der Waals surface area contributed by atoms with Gasteiger partial charge >= 0.3 is 47.6 Å². The van der Waals surface area contributed by atoms with Crippen LogP contribution in [0, 0.1) is 10.8 Å². The molecule has 2 fully saturated rings. The highest BCUT2D eigenvalue weighted by Gasteiger charge is 3.15. The monoisotopic (exact) mass is 482 g/mol. The number of hydrogen-bond donors (Lipinski definition) is 0. The molecule has 0 spiro atoms. The fraction of sp³-hybridized carbons (Fsp3) is 0.833. The molecule has 0 aromatic carbocycles. The van der Waals surface area contributed by atoms with Gasteiger partial charge in [0.2, 0.25) is 0 Å². The summed E-state index contributed by atoms with van der Waals surface area (Å²) in [6.07, 6.45) is 0. The van der Waals surface area contributed by atoms with Crippen LogP contribution in [-0.2, 0) is 9.59 Å². The zero-order chi connectivity index (χ0) is 24.4. The molecule has 30 heavy (non-hydrogen) atoms. The first kappa shape index (κ1) is 24.5. The van der Waals surface area contributed by atoms with Crippen LogP contribution in [0.5, 0.6) is 0 Å². The molecule has 18 heteroatoms. The van der Waals surface area contributed by atoms with Gasteiger partial charge in [-0.2, -0.15) is 35.1 Å². The van der Waals surface area contributed by atoms with Crippen LogP contribution in [-0.4, -0.2) is 60.0 Å². The van der Waals surface area contributed by atoms with Gasteiger partial charge in [-0.1, -0.05) is 0 Å². The third kappa shape index (κ3) is 1.57. The second-order valence-electron chi connectivity index (χ2n) is 6.43. The second-order valence-corrected chi connectivity index (χ2v) is 6.43. The summed E-state index contributed by atoms with van der Waals surface area (Å²) >= 11 is 0. The van der Waals surface area contributed by atoms with Crippen molar-refractivity contribution in [2.75, 3.05) is 6.67 Å². The SMILES string of the molecule is O=C(F)C12C(F)(F)C(F)(F)C(F)(F)C(C(=O)F)(C(F)(F)C(F)(CF)C1(F)F)C2(F)F. The lowest BCUT2D eigenvalue weighted by Gasteiger charge is -2.67. The Kier molecular flexibility index (Phi) is 4.36. The average molecular weight is 482 g/mol. The molecule has 2 atom stereocenters. The van der Waals surface area contributed by atoms with E-state index in [-0.39, 0.29) is 0 Å². The van der Waals surface area contributed by atoms with Crippen LogP contribution in [0.25, 0.3) is 0 Å². The standard InChI is InChI=1S/C12H2F16O2/c13-1-4(16)7(17,18)5(2(14)29)9(21,22)6(3(15)30,8(4,19)20)11(25,26)12(27,28)10(5,23)24/h1H2. The predicted octanol–water partition coefficient (Wildman–Crippen LogP) is 4.47. The van der Waals surface area contributed by atoms with Gasteiger partial charge in [0.1, 0.15) is 6.67 Å². The molecule has 0 amide bonds. The van der Waals surface area contributed by atoms with Crippen LogP contribution in [0.15, 0.2) is 0 Å².